The number of piperidine rings is 2. The molecule has 4 aliphatic rings. The van der Waals surface area contributed by atoms with Gasteiger partial charge in [0.2, 0.25) is 11.8 Å². The zero-order valence-corrected chi connectivity index (χ0v) is 17.9. The molecule has 0 aliphatic carbocycles. The van der Waals surface area contributed by atoms with E-state index in [1.165, 1.54) is 0 Å². The van der Waals surface area contributed by atoms with Gasteiger partial charge in [0.15, 0.2) is 0 Å². The number of aliphatic carboxylic acids is 1. The predicted octanol–water partition coefficient (Wildman–Crippen LogP) is 1.04. The quantitative estimate of drug-likeness (QED) is 0.656. The van der Waals surface area contributed by atoms with Gasteiger partial charge in [0.1, 0.15) is 11.8 Å². The number of amides is 3. The Morgan fingerprint density at radius 2 is 2.00 bits per heavy atom. The lowest BCUT2D eigenvalue weighted by Crippen LogP contribution is -2.52. The number of likely N-dealkylation sites (tertiary alicyclic amines) is 1. The Balaban J connectivity index is 1.31. The lowest BCUT2D eigenvalue weighted by molar-refractivity contribution is -0.138. The van der Waals surface area contributed by atoms with Gasteiger partial charge in [-0.25, -0.2) is 0 Å². The SMILES string of the molecule is O=C(O)CCCN1CCC2(CC1)COc1c2ccc2c1CN([C@H]1CCC(=O)NC1=O)C2=O. The van der Waals surface area contributed by atoms with Crippen LogP contribution < -0.4 is 10.1 Å². The summed E-state index contributed by atoms with van der Waals surface area (Å²) >= 11 is 0. The van der Waals surface area contributed by atoms with Crippen molar-refractivity contribution >= 4 is 23.7 Å². The fraction of sp³-hybridized carbons (Fsp3) is 0.565. The van der Waals surface area contributed by atoms with E-state index >= 15 is 0 Å². The largest absolute Gasteiger partial charge is 0.492 e. The number of nitrogens with zero attached hydrogens (tertiary/aromatic N) is 2. The number of imide groups is 1. The average molecular weight is 441 g/mol. The predicted molar refractivity (Wildman–Crippen MR) is 112 cm³/mol. The second kappa shape index (κ2) is 7.88. The summed E-state index contributed by atoms with van der Waals surface area (Å²) in [5, 5.41) is 11.2. The molecule has 3 amide bonds. The molecule has 0 bridgehead atoms. The molecule has 0 radical (unpaired) electrons. The van der Waals surface area contributed by atoms with E-state index in [4.69, 9.17) is 9.84 Å². The number of benzene rings is 1. The molecule has 1 aromatic rings. The van der Waals surface area contributed by atoms with Gasteiger partial charge in [-0.1, -0.05) is 6.07 Å². The number of carboxylic acid groups (broad SMARTS) is 1. The van der Waals surface area contributed by atoms with Crippen molar-refractivity contribution in [1.29, 1.82) is 0 Å². The Bertz CT molecular complexity index is 998. The highest BCUT2D eigenvalue weighted by Gasteiger charge is 2.47. The normalized spacial score (nSPS) is 24.3. The minimum atomic E-state index is -0.758. The van der Waals surface area contributed by atoms with Crippen LogP contribution in [-0.2, 0) is 26.3 Å². The zero-order valence-electron chi connectivity index (χ0n) is 17.9. The molecule has 4 aliphatic heterocycles. The van der Waals surface area contributed by atoms with Gasteiger partial charge in [0.25, 0.3) is 5.91 Å². The molecule has 2 fully saturated rings. The van der Waals surface area contributed by atoms with E-state index in [-0.39, 0.29) is 30.1 Å². The van der Waals surface area contributed by atoms with E-state index in [0.29, 0.717) is 31.6 Å². The fourth-order valence-corrected chi connectivity index (χ4v) is 5.56. The molecule has 9 heteroatoms. The van der Waals surface area contributed by atoms with Gasteiger partial charge in [-0.2, -0.15) is 0 Å². The average Bonchev–Trinajstić information content (AvgIpc) is 3.28. The van der Waals surface area contributed by atoms with E-state index < -0.39 is 17.9 Å². The van der Waals surface area contributed by atoms with Crippen LogP contribution in [0.2, 0.25) is 0 Å². The lowest BCUT2D eigenvalue weighted by atomic mass is 9.74. The van der Waals surface area contributed by atoms with Crippen molar-refractivity contribution in [3.8, 4) is 5.75 Å². The van der Waals surface area contributed by atoms with Crippen LogP contribution in [0.25, 0.3) is 0 Å². The molecule has 1 spiro atoms. The van der Waals surface area contributed by atoms with Gasteiger partial charge in [0, 0.05) is 34.9 Å². The van der Waals surface area contributed by atoms with E-state index in [9.17, 15) is 19.2 Å². The Morgan fingerprint density at radius 1 is 1.22 bits per heavy atom. The van der Waals surface area contributed by atoms with Crippen LogP contribution >= 0.6 is 0 Å². The van der Waals surface area contributed by atoms with Crippen LogP contribution in [0.5, 0.6) is 5.75 Å². The number of hydrogen-bond acceptors (Lipinski definition) is 6. The highest BCUT2D eigenvalue weighted by Crippen LogP contribution is 2.49. The summed E-state index contributed by atoms with van der Waals surface area (Å²) in [7, 11) is 0. The number of rotatable bonds is 5. The maximum absolute atomic E-state index is 13.0. The van der Waals surface area contributed by atoms with E-state index in [2.05, 4.69) is 10.2 Å². The van der Waals surface area contributed by atoms with Crippen LogP contribution in [0.15, 0.2) is 12.1 Å². The summed E-state index contributed by atoms with van der Waals surface area (Å²) in [5.74, 6) is -0.867. The Morgan fingerprint density at radius 3 is 2.72 bits per heavy atom. The number of hydrogen-bond donors (Lipinski definition) is 2. The first kappa shape index (κ1) is 20.9. The summed E-state index contributed by atoms with van der Waals surface area (Å²) in [6, 6.07) is 3.23. The second-order valence-corrected chi connectivity index (χ2v) is 9.28. The minimum absolute atomic E-state index is 0.0846. The van der Waals surface area contributed by atoms with Gasteiger partial charge >= 0.3 is 5.97 Å². The van der Waals surface area contributed by atoms with Crippen molar-refractivity contribution < 1.29 is 29.0 Å². The highest BCUT2D eigenvalue weighted by molar-refractivity contribution is 6.05. The second-order valence-electron chi connectivity index (χ2n) is 9.28. The molecule has 170 valence electrons. The van der Waals surface area contributed by atoms with Crippen molar-refractivity contribution in [2.24, 2.45) is 0 Å². The summed E-state index contributed by atoms with van der Waals surface area (Å²) in [6.45, 7) is 3.47. The molecule has 1 aromatic carbocycles. The molecule has 0 aromatic heterocycles. The summed E-state index contributed by atoms with van der Waals surface area (Å²) in [4.78, 5) is 51.5. The van der Waals surface area contributed by atoms with Crippen molar-refractivity contribution in [2.45, 2.75) is 56.5 Å². The number of carbonyl (C=O) groups excluding carboxylic acids is 3. The Labute approximate surface area is 185 Å². The highest BCUT2D eigenvalue weighted by atomic mass is 16.5. The monoisotopic (exact) mass is 441 g/mol. The van der Waals surface area contributed by atoms with Crippen molar-refractivity contribution in [1.82, 2.24) is 15.1 Å². The zero-order chi connectivity index (χ0) is 22.5. The first-order valence-electron chi connectivity index (χ1n) is 11.3. The first-order valence-corrected chi connectivity index (χ1v) is 11.3. The molecule has 4 heterocycles. The van der Waals surface area contributed by atoms with Crippen LogP contribution in [0, 0.1) is 0 Å². The smallest absolute Gasteiger partial charge is 0.303 e. The van der Waals surface area contributed by atoms with Crippen molar-refractivity contribution in [2.75, 3.05) is 26.2 Å². The van der Waals surface area contributed by atoms with E-state index in [1.54, 1.807) is 4.90 Å². The Hall–Kier alpha value is -2.94. The molecule has 9 nitrogen and oxygen atoms in total. The standard InChI is InChI=1S/C23H27N3O6/c27-18-6-5-17(21(30)24-18)26-12-15-14(22(26)31)3-4-16-20(15)32-13-23(16)7-10-25(11-8-23)9-1-2-19(28)29/h3-4,17H,1-2,5-13H2,(H,28,29)(H,24,27,30)/t17-/m0/s1. The maximum atomic E-state index is 13.0. The molecule has 1 atom stereocenters. The Kier molecular flexibility index (Phi) is 5.16. The number of fused-ring (bicyclic) bond motifs is 4. The van der Waals surface area contributed by atoms with Crippen LogP contribution in [0.3, 0.4) is 0 Å². The molecule has 0 saturated carbocycles. The summed E-state index contributed by atoms with van der Waals surface area (Å²) < 4.78 is 6.18. The first-order chi connectivity index (χ1) is 15.4. The van der Waals surface area contributed by atoms with Crippen molar-refractivity contribution in [3.63, 3.8) is 0 Å². The van der Waals surface area contributed by atoms with Crippen LogP contribution in [0.1, 0.15) is 60.0 Å². The van der Waals surface area contributed by atoms with E-state index in [1.807, 2.05) is 12.1 Å². The number of ether oxygens (including phenoxy) is 1. The number of nitrogens with one attached hydrogen (secondary N) is 1. The molecular weight excluding hydrogens is 414 g/mol. The molecular formula is C23H27N3O6. The summed E-state index contributed by atoms with van der Waals surface area (Å²) in [5.41, 5.74) is 2.48. The topological polar surface area (TPSA) is 116 Å². The molecule has 2 N–H and O–H groups in total. The third-order valence-electron chi connectivity index (χ3n) is 7.41. The number of carboxylic acids is 1. The summed E-state index contributed by atoms with van der Waals surface area (Å²) in [6.07, 6.45) is 3.28. The van der Waals surface area contributed by atoms with Gasteiger partial charge in [-0.15, -0.1) is 0 Å². The maximum Gasteiger partial charge on any atom is 0.303 e. The molecule has 0 unspecified atom stereocenters. The molecule has 2 saturated heterocycles. The number of carbonyl (C=O) groups is 4. The van der Waals surface area contributed by atoms with Crippen LogP contribution in [0.4, 0.5) is 0 Å². The van der Waals surface area contributed by atoms with Gasteiger partial charge in [0.05, 0.1) is 13.2 Å². The van der Waals surface area contributed by atoms with Gasteiger partial charge in [-0.05, 0) is 51.4 Å². The third kappa shape index (κ3) is 3.44. The van der Waals surface area contributed by atoms with Gasteiger partial charge in [-0.3, -0.25) is 24.5 Å². The lowest BCUT2D eigenvalue weighted by Gasteiger charge is -2.38. The van der Waals surface area contributed by atoms with Crippen molar-refractivity contribution in [3.05, 3.63) is 28.8 Å². The molecule has 5 rings (SSSR count). The minimum Gasteiger partial charge on any atom is -0.492 e. The fourth-order valence-electron chi connectivity index (χ4n) is 5.56. The van der Waals surface area contributed by atoms with Crippen LogP contribution in [-0.4, -0.2) is 70.9 Å². The van der Waals surface area contributed by atoms with Gasteiger partial charge < -0.3 is 19.6 Å². The van der Waals surface area contributed by atoms with E-state index in [0.717, 1.165) is 49.4 Å². The molecule has 32 heavy (non-hydrogen) atoms. The third-order valence-corrected chi connectivity index (χ3v) is 7.41.